The van der Waals surface area contributed by atoms with E-state index in [1.54, 1.807) is 17.2 Å². The van der Waals surface area contributed by atoms with Gasteiger partial charge in [0.1, 0.15) is 0 Å². The lowest BCUT2D eigenvalue weighted by Gasteiger charge is -2.48. The van der Waals surface area contributed by atoms with Gasteiger partial charge in [0, 0.05) is 25.3 Å². The lowest BCUT2D eigenvalue weighted by atomic mass is 9.73. The van der Waals surface area contributed by atoms with E-state index in [0.29, 0.717) is 18.7 Å². The molecule has 3 rings (SSSR count). The van der Waals surface area contributed by atoms with E-state index in [1.165, 1.54) is 6.20 Å². The molecule has 7 nitrogen and oxygen atoms in total. The smallest absolute Gasteiger partial charge is 0.407 e. The molecule has 0 unspecified atom stereocenters. The predicted molar refractivity (Wildman–Crippen MR) is 85.4 cm³/mol. The summed E-state index contributed by atoms with van der Waals surface area (Å²) in [5, 5.41) is 9.57. The molecule has 2 atom stereocenters. The van der Waals surface area contributed by atoms with Crippen LogP contribution in [0, 0.1) is 5.41 Å². The first-order valence-corrected chi connectivity index (χ1v) is 7.68. The molecule has 124 valence electrons. The Kier molecular flexibility index (Phi) is 3.28. The van der Waals surface area contributed by atoms with E-state index >= 15 is 0 Å². The Balaban J connectivity index is 1.97. The molecule has 3 heterocycles. The molecule has 2 saturated heterocycles. The Morgan fingerprint density at radius 1 is 1.39 bits per heavy atom. The largest absolute Gasteiger partial charge is 0.465 e. The summed E-state index contributed by atoms with van der Waals surface area (Å²) < 4.78 is 0. The predicted octanol–water partition coefficient (Wildman–Crippen LogP) is 1.54. The number of fused-ring (bicyclic) bond motifs is 2. The van der Waals surface area contributed by atoms with E-state index in [9.17, 15) is 14.7 Å². The van der Waals surface area contributed by atoms with Gasteiger partial charge >= 0.3 is 6.09 Å². The highest BCUT2D eigenvalue weighted by Crippen LogP contribution is 2.51. The lowest BCUT2D eigenvalue weighted by Crippen LogP contribution is -2.61. The molecule has 0 radical (unpaired) electrons. The zero-order valence-corrected chi connectivity index (χ0v) is 13.6. The summed E-state index contributed by atoms with van der Waals surface area (Å²) in [6, 6.07) is 1.83. The Hall–Kier alpha value is -2.31. The van der Waals surface area contributed by atoms with Crippen LogP contribution in [0.4, 0.5) is 10.5 Å². The van der Waals surface area contributed by atoms with Crippen LogP contribution in [0.15, 0.2) is 18.5 Å². The second-order valence-electron chi connectivity index (χ2n) is 7.46. The maximum Gasteiger partial charge on any atom is 0.407 e. The van der Waals surface area contributed by atoms with E-state index in [1.807, 2.05) is 0 Å². The van der Waals surface area contributed by atoms with Crippen LogP contribution in [0.25, 0.3) is 0 Å². The van der Waals surface area contributed by atoms with E-state index < -0.39 is 17.5 Å². The number of carboxylic acid groups (broad SMARTS) is 1. The van der Waals surface area contributed by atoms with Crippen LogP contribution in [0.5, 0.6) is 0 Å². The number of primary amides is 1. The summed E-state index contributed by atoms with van der Waals surface area (Å²) in [6.45, 7) is 7.29. The lowest BCUT2D eigenvalue weighted by molar-refractivity contribution is 0.0363. The molecule has 2 fully saturated rings. The number of nitrogens with zero attached hydrogens (tertiary/aromatic N) is 3. The minimum absolute atomic E-state index is 0.0928. The molecule has 1 aromatic heterocycles. The topological polar surface area (TPSA) is 99.8 Å². The van der Waals surface area contributed by atoms with Gasteiger partial charge in [0.25, 0.3) is 0 Å². The molecular formula is C16H22N4O3. The molecule has 0 spiro atoms. The number of pyridine rings is 1. The van der Waals surface area contributed by atoms with Gasteiger partial charge in [0.15, 0.2) is 0 Å². The highest BCUT2D eigenvalue weighted by atomic mass is 16.4. The van der Waals surface area contributed by atoms with E-state index in [-0.39, 0.29) is 11.5 Å². The standard InChI is InChI=1S/C16H22N4O3/c1-15(2,3)16-5-12(8-20(16)14(22)23)19(9-16)11-4-10(13(17)21)6-18-7-11/h4,6-7,12H,5,8-9H2,1-3H3,(H2,17,21)(H,22,23)/t12-,16+/m0/s1. The first kappa shape index (κ1) is 15.6. The molecule has 2 amide bonds. The number of carbonyl (C=O) groups excluding carboxylic acids is 1. The maximum atomic E-state index is 11.7. The summed E-state index contributed by atoms with van der Waals surface area (Å²) in [5.74, 6) is -0.513. The van der Waals surface area contributed by atoms with Crippen molar-refractivity contribution >= 4 is 17.7 Å². The van der Waals surface area contributed by atoms with Crippen molar-refractivity contribution in [3.63, 3.8) is 0 Å². The summed E-state index contributed by atoms with van der Waals surface area (Å²) in [7, 11) is 0. The summed E-state index contributed by atoms with van der Waals surface area (Å²) in [4.78, 5) is 30.9. The normalized spacial score (nSPS) is 26.7. The Bertz CT molecular complexity index is 670. The van der Waals surface area contributed by atoms with Crippen molar-refractivity contribution in [2.75, 3.05) is 18.0 Å². The third-order valence-electron chi connectivity index (χ3n) is 5.32. The number of aromatic nitrogens is 1. The van der Waals surface area contributed by atoms with Crippen LogP contribution in [0.3, 0.4) is 0 Å². The minimum Gasteiger partial charge on any atom is -0.465 e. The van der Waals surface area contributed by atoms with Crippen LogP contribution in [-0.2, 0) is 0 Å². The van der Waals surface area contributed by atoms with Gasteiger partial charge in [-0.1, -0.05) is 20.8 Å². The average molecular weight is 318 g/mol. The molecule has 23 heavy (non-hydrogen) atoms. The van der Waals surface area contributed by atoms with Gasteiger partial charge < -0.3 is 15.7 Å². The molecule has 1 aromatic rings. The molecule has 2 aliphatic rings. The molecule has 2 aliphatic heterocycles. The van der Waals surface area contributed by atoms with Crippen LogP contribution >= 0.6 is 0 Å². The molecule has 2 bridgehead atoms. The zero-order valence-electron chi connectivity index (χ0n) is 13.6. The van der Waals surface area contributed by atoms with Gasteiger partial charge in [0.2, 0.25) is 5.91 Å². The fraction of sp³-hybridized carbons (Fsp3) is 0.562. The number of likely N-dealkylation sites (tertiary alicyclic amines) is 1. The summed E-state index contributed by atoms with van der Waals surface area (Å²) >= 11 is 0. The van der Waals surface area contributed by atoms with Crippen molar-refractivity contribution in [1.82, 2.24) is 9.88 Å². The Morgan fingerprint density at radius 3 is 2.65 bits per heavy atom. The molecular weight excluding hydrogens is 296 g/mol. The highest BCUT2D eigenvalue weighted by Gasteiger charge is 2.61. The van der Waals surface area contributed by atoms with Gasteiger partial charge in [-0.05, 0) is 17.9 Å². The van der Waals surface area contributed by atoms with Crippen molar-refractivity contribution in [3.05, 3.63) is 24.0 Å². The van der Waals surface area contributed by atoms with Crippen LogP contribution < -0.4 is 10.6 Å². The number of nitrogens with two attached hydrogens (primary N) is 1. The van der Waals surface area contributed by atoms with Gasteiger partial charge in [-0.15, -0.1) is 0 Å². The van der Waals surface area contributed by atoms with Crippen LogP contribution in [0.1, 0.15) is 37.6 Å². The number of carbonyl (C=O) groups is 2. The quantitative estimate of drug-likeness (QED) is 0.861. The average Bonchev–Trinajstić information content (AvgIpc) is 3.04. The molecule has 0 aliphatic carbocycles. The SMILES string of the molecule is CC(C)(C)[C@]12C[C@@H](CN1C(=O)O)N(c1cncc(C(N)=O)c1)C2. The molecule has 7 heteroatoms. The van der Waals surface area contributed by atoms with Crippen molar-refractivity contribution in [3.8, 4) is 0 Å². The van der Waals surface area contributed by atoms with Crippen molar-refractivity contribution in [1.29, 1.82) is 0 Å². The number of hydrogen-bond donors (Lipinski definition) is 2. The Labute approximate surface area is 135 Å². The third kappa shape index (κ3) is 2.22. The summed E-state index contributed by atoms with van der Waals surface area (Å²) in [5.41, 5.74) is 5.89. The van der Waals surface area contributed by atoms with Gasteiger partial charge in [-0.25, -0.2) is 4.79 Å². The van der Waals surface area contributed by atoms with Gasteiger partial charge in [-0.2, -0.15) is 0 Å². The van der Waals surface area contributed by atoms with E-state index in [2.05, 4.69) is 30.7 Å². The van der Waals surface area contributed by atoms with E-state index in [0.717, 1.165) is 12.1 Å². The van der Waals surface area contributed by atoms with Gasteiger partial charge in [-0.3, -0.25) is 14.7 Å². The monoisotopic (exact) mass is 318 g/mol. The van der Waals surface area contributed by atoms with Crippen LogP contribution in [-0.4, -0.2) is 51.7 Å². The minimum atomic E-state index is -0.869. The van der Waals surface area contributed by atoms with Crippen molar-refractivity contribution in [2.45, 2.75) is 38.8 Å². The maximum absolute atomic E-state index is 11.7. The Morgan fingerprint density at radius 2 is 2.09 bits per heavy atom. The third-order valence-corrected chi connectivity index (χ3v) is 5.32. The second-order valence-corrected chi connectivity index (χ2v) is 7.46. The number of hydrogen-bond acceptors (Lipinski definition) is 4. The van der Waals surface area contributed by atoms with Crippen molar-refractivity contribution in [2.24, 2.45) is 11.1 Å². The highest BCUT2D eigenvalue weighted by molar-refractivity contribution is 5.93. The zero-order chi connectivity index (χ0) is 17.0. The first-order chi connectivity index (χ1) is 10.7. The first-order valence-electron chi connectivity index (χ1n) is 7.68. The molecule has 0 aromatic carbocycles. The van der Waals surface area contributed by atoms with Crippen LogP contribution in [0.2, 0.25) is 0 Å². The number of anilines is 1. The van der Waals surface area contributed by atoms with Gasteiger partial charge in [0.05, 0.1) is 23.0 Å². The fourth-order valence-corrected chi connectivity index (χ4v) is 3.95. The number of amides is 2. The number of piperazine rings is 1. The van der Waals surface area contributed by atoms with E-state index in [4.69, 9.17) is 5.73 Å². The fourth-order valence-electron chi connectivity index (χ4n) is 3.95. The van der Waals surface area contributed by atoms with Crippen molar-refractivity contribution < 1.29 is 14.7 Å². The number of rotatable bonds is 2. The second kappa shape index (κ2) is 4.84. The summed E-state index contributed by atoms with van der Waals surface area (Å²) in [6.07, 6.45) is 3.06. The molecule has 3 N–H and O–H groups in total. The molecule has 0 saturated carbocycles.